The highest BCUT2D eigenvalue weighted by molar-refractivity contribution is 9.10. The molecule has 0 bridgehead atoms. The Balaban J connectivity index is 1.84. The summed E-state index contributed by atoms with van der Waals surface area (Å²) in [6, 6.07) is 0. The van der Waals surface area contributed by atoms with Gasteiger partial charge in [0.1, 0.15) is 5.82 Å². The minimum atomic E-state index is 0.624. The fourth-order valence-corrected chi connectivity index (χ4v) is 2.08. The molecule has 100 valence electrons. The van der Waals surface area contributed by atoms with E-state index in [1.807, 2.05) is 14.1 Å². The fraction of sp³-hybridized carbons (Fsp3) is 0.667. The van der Waals surface area contributed by atoms with E-state index in [2.05, 4.69) is 36.1 Å². The molecule has 0 atom stereocenters. The van der Waals surface area contributed by atoms with Gasteiger partial charge in [-0.2, -0.15) is 4.98 Å². The van der Waals surface area contributed by atoms with Crippen molar-refractivity contribution in [3.63, 3.8) is 0 Å². The average Bonchev–Trinajstić information content (AvgIpc) is 3.19. The van der Waals surface area contributed by atoms with E-state index in [0.29, 0.717) is 5.95 Å². The summed E-state index contributed by atoms with van der Waals surface area (Å²) in [5, 5.41) is 2.94. The van der Waals surface area contributed by atoms with E-state index in [0.717, 1.165) is 36.0 Å². The van der Waals surface area contributed by atoms with Crippen molar-refractivity contribution in [2.75, 3.05) is 44.1 Å². The Morgan fingerprint density at radius 2 is 2.33 bits per heavy atom. The van der Waals surface area contributed by atoms with E-state index >= 15 is 0 Å². The maximum Gasteiger partial charge on any atom is 0.224 e. The zero-order valence-corrected chi connectivity index (χ0v) is 12.4. The second-order valence-electron chi connectivity index (χ2n) is 4.55. The molecule has 1 aliphatic carbocycles. The maximum atomic E-state index is 5.63. The van der Waals surface area contributed by atoms with Gasteiger partial charge in [-0.3, -0.25) is 0 Å². The van der Waals surface area contributed by atoms with Crippen molar-refractivity contribution in [2.45, 2.75) is 12.8 Å². The summed E-state index contributed by atoms with van der Waals surface area (Å²) in [6.45, 7) is 2.46. The van der Waals surface area contributed by atoms with Gasteiger partial charge in [0, 0.05) is 33.4 Å². The van der Waals surface area contributed by atoms with Crippen LogP contribution in [0.2, 0.25) is 0 Å². The normalized spacial score (nSPS) is 14.6. The lowest BCUT2D eigenvalue weighted by molar-refractivity contribution is 0.130. The Morgan fingerprint density at radius 3 is 3.00 bits per heavy atom. The summed E-state index contributed by atoms with van der Waals surface area (Å²) in [7, 11) is 3.82. The largest absolute Gasteiger partial charge is 0.379 e. The molecule has 0 radical (unpaired) electrons. The van der Waals surface area contributed by atoms with Crippen molar-refractivity contribution in [1.82, 2.24) is 9.97 Å². The zero-order valence-electron chi connectivity index (χ0n) is 10.8. The Kier molecular flexibility index (Phi) is 4.77. The highest BCUT2D eigenvalue weighted by Gasteiger charge is 2.21. The number of hydrogen-bond acceptors (Lipinski definition) is 5. The van der Waals surface area contributed by atoms with Gasteiger partial charge in [0.05, 0.1) is 11.1 Å². The number of likely N-dealkylation sites (N-methyl/N-ethyl adjacent to an activating group) is 1. The molecule has 0 spiro atoms. The molecule has 5 nitrogen and oxygen atoms in total. The maximum absolute atomic E-state index is 5.63. The van der Waals surface area contributed by atoms with E-state index in [9.17, 15) is 0 Å². The van der Waals surface area contributed by atoms with Crippen LogP contribution in [-0.4, -0.2) is 43.8 Å². The number of ether oxygens (including phenoxy) is 1. The lowest BCUT2D eigenvalue weighted by Gasteiger charge is -2.19. The first-order chi connectivity index (χ1) is 8.70. The first-order valence-electron chi connectivity index (χ1n) is 6.20. The van der Waals surface area contributed by atoms with Crippen LogP contribution in [0.3, 0.4) is 0 Å². The van der Waals surface area contributed by atoms with Gasteiger partial charge < -0.3 is 15.0 Å². The lowest BCUT2D eigenvalue weighted by atomic mass is 10.4. The third kappa shape index (κ3) is 3.81. The van der Waals surface area contributed by atoms with Gasteiger partial charge in [0.2, 0.25) is 5.95 Å². The topological polar surface area (TPSA) is 50.3 Å². The third-order valence-corrected chi connectivity index (χ3v) is 3.49. The lowest BCUT2D eigenvalue weighted by Crippen LogP contribution is -2.24. The number of nitrogens with one attached hydrogen (secondary N) is 1. The molecule has 0 aromatic carbocycles. The summed E-state index contributed by atoms with van der Waals surface area (Å²) in [4.78, 5) is 10.6. The van der Waals surface area contributed by atoms with Crippen molar-refractivity contribution in [3.05, 3.63) is 10.7 Å². The van der Waals surface area contributed by atoms with Crippen LogP contribution in [-0.2, 0) is 4.74 Å². The van der Waals surface area contributed by atoms with Crippen LogP contribution in [0.25, 0.3) is 0 Å². The first kappa shape index (κ1) is 13.5. The highest BCUT2D eigenvalue weighted by atomic mass is 79.9. The summed E-state index contributed by atoms with van der Waals surface area (Å²) >= 11 is 3.47. The summed E-state index contributed by atoms with van der Waals surface area (Å²) in [5.74, 6) is 2.32. The summed E-state index contributed by atoms with van der Waals surface area (Å²) in [5.41, 5.74) is 0. The van der Waals surface area contributed by atoms with Gasteiger partial charge >= 0.3 is 0 Å². The standard InChI is InChI=1S/C12H19BrN4O/c1-14-12-15-7-10(13)11(16-12)17(2)5-6-18-8-9-3-4-9/h7,9H,3-6,8H2,1-2H3,(H,14,15,16). The SMILES string of the molecule is CNc1ncc(Br)c(N(C)CCOCC2CC2)n1. The highest BCUT2D eigenvalue weighted by Crippen LogP contribution is 2.28. The molecule has 0 saturated heterocycles. The van der Waals surface area contributed by atoms with Gasteiger partial charge in [0.25, 0.3) is 0 Å². The second kappa shape index (κ2) is 6.33. The Morgan fingerprint density at radius 1 is 1.56 bits per heavy atom. The Hall–Kier alpha value is -0.880. The minimum absolute atomic E-state index is 0.624. The minimum Gasteiger partial charge on any atom is -0.379 e. The molecule has 1 heterocycles. The summed E-state index contributed by atoms with van der Waals surface area (Å²) in [6.07, 6.45) is 4.42. The molecule has 2 rings (SSSR count). The first-order valence-corrected chi connectivity index (χ1v) is 6.99. The number of aromatic nitrogens is 2. The number of anilines is 2. The number of rotatable bonds is 7. The van der Waals surface area contributed by atoms with Crippen LogP contribution in [0.15, 0.2) is 10.7 Å². The van der Waals surface area contributed by atoms with Gasteiger partial charge in [-0.25, -0.2) is 4.98 Å². The van der Waals surface area contributed by atoms with Crippen molar-refractivity contribution >= 4 is 27.7 Å². The Labute approximate surface area is 116 Å². The molecular weight excluding hydrogens is 296 g/mol. The van der Waals surface area contributed by atoms with E-state index in [4.69, 9.17) is 4.74 Å². The van der Waals surface area contributed by atoms with Gasteiger partial charge in [-0.05, 0) is 34.7 Å². The van der Waals surface area contributed by atoms with Gasteiger partial charge in [-0.15, -0.1) is 0 Å². The molecule has 18 heavy (non-hydrogen) atoms. The molecule has 1 aliphatic rings. The third-order valence-electron chi connectivity index (χ3n) is 2.93. The monoisotopic (exact) mass is 314 g/mol. The van der Waals surface area contributed by atoms with Crippen molar-refractivity contribution in [2.24, 2.45) is 5.92 Å². The molecule has 1 aromatic heterocycles. The Bertz CT molecular complexity index is 398. The molecule has 1 N–H and O–H groups in total. The van der Waals surface area contributed by atoms with Crippen LogP contribution in [0.4, 0.5) is 11.8 Å². The molecule has 1 fully saturated rings. The quantitative estimate of drug-likeness (QED) is 0.781. The van der Waals surface area contributed by atoms with Crippen molar-refractivity contribution in [1.29, 1.82) is 0 Å². The fourth-order valence-electron chi connectivity index (χ4n) is 1.59. The van der Waals surface area contributed by atoms with Gasteiger partial charge in [-0.1, -0.05) is 0 Å². The van der Waals surface area contributed by atoms with Crippen LogP contribution in [0.1, 0.15) is 12.8 Å². The number of nitrogens with zero attached hydrogens (tertiary/aromatic N) is 3. The van der Waals surface area contributed by atoms with E-state index in [-0.39, 0.29) is 0 Å². The van der Waals surface area contributed by atoms with E-state index in [1.54, 1.807) is 6.20 Å². The van der Waals surface area contributed by atoms with Crippen molar-refractivity contribution < 1.29 is 4.74 Å². The zero-order chi connectivity index (χ0) is 13.0. The van der Waals surface area contributed by atoms with Crippen molar-refractivity contribution in [3.8, 4) is 0 Å². The predicted molar refractivity (Wildman–Crippen MR) is 76.1 cm³/mol. The van der Waals surface area contributed by atoms with Crippen LogP contribution >= 0.6 is 15.9 Å². The predicted octanol–water partition coefficient (Wildman–Crippen LogP) is 2.14. The van der Waals surface area contributed by atoms with Crippen LogP contribution in [0.5, 0.6) is 0 Å². The molecule has 6 heteroatoms. The average molecular weight is 315 g/mol. The number of halogens is 1. The number of hydrogen-bond donors (Lipinski definition) is 1. The van der Waals surface area contributed by atoms with Gasteiger partial charge in [0.15, 0.2) is 0 Å². The smallest absolute Gasteiger partial charge is 0.224 e. The molecular formula is C12H19BrN4O. The molecule has 0 amide bonds. The van der Waals surface area contributed by atoms with E-state index < -0.39 is 0 Å². The second-order valence-corrected chi connectivity index (χ2v) is 5.41. The van der Waals surface area contributed by atoms with Crippen LogP contribution in [0, 0.1) is 5.92 Å². The molecule has 0 unspecified atom stereocenters. The summed E-state index contributed by atoms with van der Waals surface area (Å²) < 4.78 is 6.52. The molecule has 1 saturated carbocycles. The van der Waals surface area contributed by atoms with Crippen LogP contribution < -0.4 is 10.2 Å². The molecule has 1 aromatic rings. The molecule has 0 aliphatic heterocycles. The van der Waals surface area contributed by atoms with E-state index in [1.165, 1.54) is 12.8 Å².